The molecule has 1 N–H and O–H groups in total. The van der Waals surface area contributed by atoms with E-state index >= 15 is 0 Å². The average molecular weight is 630 g/mol. The van der Waals surface area contributed by atoms with Crippen molar-refractivity contribution >= 4 is 72.2 Å². The van der Waals surface area contributed by atoms with Gasteiger partial charge in [0.15, 0.2) is 5.65 Å². The predicted octanol–water partition coefficient (Wildman–Crippen LogP) is 6.63. The summed E-state index contributed by atoms with van der Waals surface area (Å²) in [7, 11) is -3.68. The zero-order valence-corrected chi connectivity index (χ0v) is 23.5. The van der Waals surface area contributed by atoms with Crippen LogP contribution in [0.5, 0.6) is 0 Å². The summed E-state index contributed by atoms with van der Waals surface area (Å²) in [5, 5.41) is 9.04. The molecular weight excluding hydrogens is 609 g/mol. The highest BCUT2D eigenvalue weighted by molar-refractivity contribution is 9.10. The summed E-state index contributed by atoms with van der Waals surface area (Å²) < 4.78 is 30.5. The Morgan fingerprint density at radius 3 is 2.64 bits per heavy atom. The molecule has 1 aliphatic heterocycles. The van der Waals surface area contributed by atoms with E-state index in [1.807, 2.05) is 30.3 Å². The van der Waals surface area contributed by atoms with Crippen molar-refractivity contribution in [1.29, 1.82) is 0 Å². The summed E-state index contributed by atoms with van der Waals surface area (Å²) >= 11 is 22.0. The van der Waals surface area contributed by atoms with Crippen LogP contribution < -0.4 is 5.32 Å². The minimum Gasteiger partial charge on any atom is -0.370 e. The van der Waals surface area contributed by atoms with Gasteiger partial charge in [-0.25, -0.2) is 13.4 Å². The maximum Gasteiger partial charge on any atom is 0.243 e. The van der Waals surface area contributed by atoms with Crippen LogP contribution in [0.3, 0.4) is 0 Å². The molecule has 1 unspecified atom stereocenters. The van der Waals surface area contributed by atoms with Crippen molar-refractivity contribution in [3.8, 4) is 11.3 Å². The Morgan fingerprint density at radius 2 is 1.86 bits per heavy atom. The molecule has 0 saturated carbocycles. The van der Waals surface area contributed by atoms with Gasteiger partial charge < -0.3 is 5.32 Å². The van der Waals surface area contributed by atoms with E-state index in [0.717, 1.165) is 28.7 Å². The summed E-state index contributed by atoms with van der Waals surface area (Å²) in [5.41, 5.74) is 2.18. The molecule has 12 heteroatoms. The molecule has 188 valence electrons. The van der Waals surface area contributed by atoms with Gasteiger partial charge in [-0.05, 0) is 59.0 Å². The Morgan fingerprint density at radius 1 is 1.06 bits per heavy atom. The predicted molar refractivity (Wildman–Crippen MR) is 148 cm³/mol. The third-order valence-electron chi connectivity index (χ3n) is 6.16. The van der Waals surface area contributed by atoms with E-state index in [9.17, 15) is 8.42 Å². The lowest BCUT2D eigenvalue weighted by Gasteiger charge is -2.32. The Labute approximate surface area is 232 Å². The highest BCUT2D eigenvalue weighted by Gasteiger charge is 2.30. The molecule has 2 aromatic carbocycles. The first kappa shape index (κ1) is 25.8. The zero-order chi connectivity index (χ0) is 25.4. The molecule has 5 rings (SSSR count). The van der Waals surface area contributed by atoms with Crippen molar-refractivity contribution in [2.75, 3.05) is 25.0 Å². The number of piperidine rings is 1. The van der Waals surface area contributed by atoms with Gasteiger partial charge in [0.05, 0.1) is 31.3 Å². The van der Waals surface area contributed by atoms with Crippen LogP contribution in [0, 0.1) is 5.92 Å². The molecule has 1 atom stereocenters. The summed E-state index contributed by atoms with van der Waals surface area (Å²) in [4.78, 5) is 4.88. The minimum atomic E-state index is -3.68. The number of halogens is 4. The van der Waals surface area contributed by atoms with Crippen LogP contribution in [0.2, 0.25) is 15.1 Å². The van der Waals surface area contributed by atoms with E-state index in [1.165, 1.54) is 22.5 Å². The lowest BCUT2D eigenvalue weighted by molar-refractivity contribution is 0.275. The number of nitrogens with one attached hydrogen (secondary N) is 1. The summed E-state index contributed by atoms with van der Waals surface area (Å²) in [6, 6.07) is 13.8. The van der Waals surface area contributed by atoms with Gasteiger partial charge in [-0.1, -0.05) is 53.0 Å². The van der Waals surface area contributed by atoms with Crippen LogP contribution in [-0.4, -0.2) is 47.0 Å². The maximum atomic E-state index is 13.2. The van der Waals surface area contributed by atoms with Crippen LogP contribution in [-0.2, 0) is 10.0 Å². The Bertz CT molecular complexity index is 1550. The summed E-state index contributed by atoms with van der Waals surface area (Å²) in [5.74, 6) is 0.840. The van der Waals surface area contributed by atoms with E-state index in [-0.39, 0.29) is 15.8 Å². The summed E-state index contributed by atoms with van der Waals surface area (Å²) in [6.45, 7) is 1.41. The van der Waals surface area contributed by atoms with E-state index in [0.29, 0.717) is 41.0 Å². The van der Waals surface area contributed by atoms with Gasteiger partial charge in [0, 0.05) is 36.3 Å². The van der Waals surface area contributed by atoms with Gasteiger partial charge in [0.1, 0.15) is 5.82 Å². The van der Waals surface area contributed by atoms with Crippen LogP contribution >= 0.6 is 50.7 Å². The SMILES string of the molecule is O=S(=O)(c1ccc(Cl)c(Cl)c1)N1CCCC(CNc2cc(-c3ccccc3Cl)nc3c(Br)cnn23)C1. The molecule has 2 aromatic heterocycles. The lowest BCUT2D eigenvalue weighted by atomic mass is 10.00. The van der Waals surface area contributed by atoms with Gasteiger partial charge in [-0.15, -0.1) is 0 Å². The van der Waals surface area contributed by atoms with Crippen LogP contribution in [0.25, 0.3) is 16.9 Å². The molecule has 0 amide bonds. The highest BCUT2D eigenvalue weighted by Crippen LogP contribution is 2.32. The monoisotopic (exact) mass is 627 g/mol. The van der Waals surface area contributed by atoms with Crippen LogP contribution in [0.4, 0.5) is 5.82 Å². The number of fused-ring (bicyclic) bond motifs is 1. The molecule has 0 spiro atoms. The molecule has 7 nitrogen and oxygen atoms in total. The van der Waals surface area contributed by atoms with Crippen molar-refractivity contribution in [2.45, 2.75) is 17.7 Å². The molecule has 3 heterocycles. The van der Waals surface area contributed by atoms with E-state index < -0.39 is 10.0 Å². The van der Waals surface area contributed by atoms with Gasteiger partial charge in [-0.3, -0.25) is 0 Å². The van der Waals surface area contributed by atoms with E-state index in [4.69, 9.17) is 39.8 Å². The second kappa shape index (κ2) is 10.5. The van der Waals surface area contributed by atoms with E-state index in [1.54, 1.807) is 10.7 Å². The number of benzene rings is 2. The second-order valence-corrected chi connectivity index (χ2v) is 12.6. The fourth-order valence-corrected chi connectivity index (χ4v) is 6.84. The van der Waals surface area contributed by atoms with Crippen molar-refractivity contribution in [2.24, 2.45) is 5.92 Å². The Kier molecular flexibility index (Phi) is 7.49. The first-order valence-corrected chi connectivity index (χ1v) is 14.6. The molecule has 36 heavy (non-hydrogen) atoms. The van der Waals surface area contributed by atoms with Gasteiger partial charge in [-0.2, -0.15) is 13.9 Å². The largest absolute Gasteiger partial charge is 0.370 e. The molecule has 1 saturated heterocycles. The molecule has 4 aromatic rings. The molecule has 1 aliphatic rings. The first-order valence-electron chi connectivity index (χ1n) is 11.2. The number of anilines is 1. The van der Waals surface area contributed by atoms with Crippen LogP contribution in [0.15, 0.2) is 64.1 Å². The molecular formula is C24H21BrCl3N5O2S. The number of sulfonamides is 1. The fourth-order valence-electron chi connectivity index (χ4n) is 4.32. The third-order valence-corrected chi connectivity index (χ3v) is 9.65. The third kappa shape index (κ3) is 5.10. The minimum absolute atomic E-state index is 0.0993. The first-order chi connectivity index (χ1) is 17.2. The normalized spacial score (nSPS) is 16.9. The zero-order valence-electron chi connectivity index (χ0n) is 18.8. The number of aromatic nitrogens is 3. The summed E-state index contributed by atoms with van der Waals surface area (Å²) in [6.07, 6.45) is 3.35. The average Bonchev–Trinajstić information content (AvgIpc) is 3.25. The lowest BCUT2D eigenvalue weighted by Crippen LogP contribution is -2.41. The van der Waals surface area contributed by atoms with Crippen molar-refractivity contribution in [3.63, 3.8) is 0 Å². The Hall–Kier alpha value is -1.88. The molecule has 0 radical (unpaired) electrons. The molecule has 0 bridgehead atoms. The smallest absolute Gasteiger partial charge is 0.243 e. The van der Waals surface area contributed by atoms with Gasteiger partial charge >= 0.3 is 0 Å². The standard InChI is InChI=1S/C24H21BrCl3N5O2S/c25-18-13-30-33-23(11-22(31-24(18)33)17-5-1-2-6-19(17)26)29-12-15-4-3-9-32(14-15)36(34,35)16-7-8-20(27)21(28)10-16/h1-2,5-8,10-11,13,15,29H,3-4,9,12,14H2. The van der Waals surface area contributed by atoms with Gasteiger partial charge in [0.25, 0.3) is 0 Å². The van der Waals surface area contributed by atoms with Crippen molar-refractivity contribution < 1.29 is 8.42 Å². The Balaban J connectivity index is 1.37. The second-order valence-electron chi connectivity index (χ2n) is 8.56. The molecule has 0 aliphatic carbocycles. The highest BCUT2D eigenvalue weighted by atomic mass is 79.9. The number of hydrogen-bond acceptors (Lipinski definition) is 5. The van der Waals surface area contributed by atoms with Gasteiger partial charge in [0.2, 0.25) is 10.0 Å². The number of rotatable bonds is 6. The van der Waals surface area contributed by atoms with Crippen molar-refractivity contribution in [3.05, 3.63) is 74.3 Å². The number of hydrogen-bond donors (Lipinski definition) is 1. The van der Waals surface area contributed by atoms with E-state index in [2.05, 4.69) is 26.3 Å². The maximum absolute atomic E-state index is 13.2. The number of nitrogens with zero attached hydrogens (tertiary/aromatic N) is 4. The fraction of sp³-hybridized carbons (Fsp3) is 0.250. The molecule has 1 fully saturated rings. The quantitative estimate of drug-likeness (QED) is 0.259. The van der Waals surface area contributed by atoms with Crippen LogP contribution in [0.1, 0.15) is 12.8 Å². The van der Waals surface area contributed by atoms with Crippen molar-refractivity contribution in [1.82, 2.24) is 18.9 Å². The topological polar surface area (TPSA) is 79.6 Å².